The van der Waals surface area contributed by atoms with Gasteiger partial charge in [0.1, 0.15) is 6.10 Å². The van der Waals surface area contributed by atoms with Gasteiger partial charge in [-0.25, -0.2) is 0 Å². The number of rotatable bonds is 10. The van der Waals surface area contributed by atoms with Gasteiger partial charge in [0.15, 0.2) is 0 Å². The molecule has 178 valence electrons. The van der Waals surface area contributed by atoms with Crippen molar-refractivity contribution in [3.63, 3.8) is 0 Å². The van der Waals surface area contributed by atoms with Crippen molar-refractivity contribution in [3.05, 3.63) is 107 Å². The number of benzene rings is 3. The van der Waals surface area contributed by atoms with Gasteiger partial charge in [0.2, 0.25) is 0 Å². The molecule has 1 fully saturated rings. The Morgan fingerprint density at radius 2 is 1.38 bits per heavy atom. The van der Waals surface area contributed by atoms with Crippen LogP contribution >= 0.6 is 12.2 Å². The second-order valence-corrected chi connectivity index (χ2v) is 10.2. The molecule has 0 saturated carbocycles. The standard InChI is InChI=1S/C31H37NOS/c1-24(2)25-15-17-26(18-16-25)30(34)14-9-21-32-22-19-29(20-23-32)33-31(27-10-5-3-6-11-27)28-12-7-4-8-13-28/h3-8,10-13,15-18,24,29,31H,9,14,19-23H2,1-2H3. The summed E-state index contributed by atoms with van der Waals surface area (Å²) < 4.78 is 6.69. The minimum atomic E-state index is -0.00147. The third kappa shape index (κ3) is 6.85. The van der Waals surface area contributed by atoms with Gasteiger partial charge in [0, 0.05) is 18.0 Å². The highest BCUT2D eigenvalue weighted by Gasteiger charge is 2.24. The SMILES string of the molecule is CC(C)c1ccc(C(=S)CCCN2CCC(OC(c3ccccc3)c3ccccc3)CC2)cc1. The molecule has 1 aliphatic rings. The normalized spacial score (nSPS) is 15.2. The molecule has 4 rings (SSSR count). The van der Waals surface area contributed by atoms with E-state index >= 15 is 0 Å². The molecule has 0 unspecified atom stereocenters. The van der Waals surface area contributed by atoms with Crippen LogP contribution in [0.1, 0.15) is 73.8 Å². The monoisotopic (exact) mass is 471 g/mol. The third-order valence-electron chi connectivity index (χ3n) is 6.85. The second-order valence-electron chi connectivity index (χ2n) is 9.68. The highest BCUT2D eigenvalue weighted by molar-refractivity contribution is 7.80. The summed E-state index contributed by atoms with van der Waals surface area (Å²) in [4.78, 5) is 3.66. The van der Waals surface area contributed by atoms with Crippen molar-refractivity contribution in [1.29, 1.82) is 0 Å². The molecule has 0 spiro atoms. The molecule has 0 amide bonds. The first kappa shape index (κ1) is 24.8. The molecule has 1 saturated heterocycles. The van der Waals surface area contributed by atoms with Gasteiger partial charge < -0.3 is 9.64 Å². The van der Waals surface area contributed by atoms with Gasteiger partial charge in [-0.1, -0.05) is 111 Å². The first-order chi connectivity index (χ1) is 16.6. The van der Waals surface area contributed by atoms with E-state index in [0.29, 0.717) is 12.0 Å². The van der Waals surface area contributed by atoms with Crippen LogP contribution in [0.5, 0.6) is 0 Å². The Morgan fingerprint density at radius 1 is 0.824 bits per heavy atom. The third-order valence-corrected chi connectivity index (χ3v) is 7.29. The minimum Gasteiger partial charge on any atom is -0.365 e. The Labute approximate surface area is 211 Å². The molecule has 1 heterocycles. The van der Waals surface area contributed by atoms with Crippen LogP contribution in [0.25, 0.3) is 0 Å². The zero-order valence-electron chi connectivity index (χ0n) is 20.5. The first-order valence-electron chi connectivity index (χ1n) is 12.7. The Hall–Kier alpha value is -2.33. The number of hydrogen-bond acceptors (Lipinski definition) is 3. The van der Waals surface area contributed by atoms with Crippen molar-refractivity contribution in [2.24, 2.45) is 0 Å². The van der Waals surface area contributed by atoms with Crippen molar-refractivity contribution in [1.82, 2.24) is 4.90 Å². The van der Waals surface area contributed by atoms with Crippen molar-refractivity contribution in [2.75, 3.05) is 19.6 Å². The maximum absolute atomic E-state index is 6.69. The average molecular weight is 472 g/mol. The van der Waals surface area contributed by atoms with E-state index in [1.165, 1.54) is 22.3 Å². The molecule has 0 atom stereocenters. The van der Waals surface area contributed by atoms with Crippen molar-refractivity contribution in [3.8, 4) is 0 Å². The van der Waals surface area contributed by atoms with E-state index in [-0.39, 0.29) is 6.10 Å². The lowest BCUT2D eigenvalue weighted by atomic mass is 9.99. The zero-order valence-corrected chi connectivity index (χ0v) is 21.3. The number of nitrogens with zero attached hydrogens (tertiary/aromatic N) is 1. The van der Waals surface area contributed by atoms with Crippen molar-refractivity contribution in [2.45, 2.75) is 57.7 Å². The molecule has 0 aromatic heterocycles. The van der Waals surface area contributed by atoms with Gasteiger partial charge >= 0.3 is 0 Å². The predicted octanol–water partition coefficient (Wildman–Crippen LogP) is 7.58. The van der Waals surface area contributed by atoms with Gasteiger partial charge in [-0.15, -0.1) is 0 Å². The lowest BCUT2D eigenvalue weighted by molar-refractivity contribution is -0.0269. The van der Waals surface area contributed by atoms with Crippen molar-refractivity contribution < 1.29 is 4.74 Å². The first-order valence-corrected chi connectivity index (χ1v) is 13.1. The molecule has 3 heteroatoms. The van der Waals surface area contributed by atoms with E-state index in [2.05, 4.69) is 104 Å². The van der Waals surface area contributed by atoms with Crippen molar-refractivity contribution >= 4 is 17.1 Å². The molecule has 3 aromatic carbocycles. The van der Waals surface area contributed by atoms with Gasteiger partial charge in [0.25, 0.3) is 0 Å². The summed E-state index contributed by atoms with van der Waals surface area (Å²) in [7, 11) is 0. The Bertz CT molecular complexity index is 969. The summed E-state index contributed by atoms with van der Waals surface area (Å²) in [6, 6.07) is 30.0. The molecule has 3 aromatic rings. The maximum atomic E-state index is 6.69. The van der Waals surface area contributed by atoms with E-state index in [1.807, 2.05) is 0 Å². The zero-order chi connectivity index (χ0) is 23.8. The van der Waals surface area contributed by atoms with Gasteiger partial charge in [-0.3, -0.25) is 0 Å². The van der Waals surface area contributed by atoms with Gasteiger partial charge in [-0.05, 0) is 60.4 Å². The van der Waals surface area contributed by atoms with Crippen LogP contribution in [0, 0.1) is 0 Å². The van der Waals surface area contributed by atoms with E-state index in [9.17, 15) is 0 Å². The van der Waals surface area contributed by atoms with Crippen LogP contribution in [0.3, 0.4) is 0 Å². The topological polar surface area (TPSA) is 12.5 Å². The molecule has 34 heavy (non-hydrogen) atoms. The van der Waals surface area contributed by atoms with Crippen LogP contribution in [-0.4, -0.2) is 35.5 Å². The molecular formula is C31H37NOS. The number of ether oxygens (including phenoxy) is 1. The summed E-state index contributed by atoms with van der Waals surface area (Å²) in [5.74, 6) is 0.560. The fourth-order valence-corrected chi connectivity index (χ4v) is 5.01. The summed E-state index contributed by atoms with van der Waals surface area (Å²) in [5.41, 5.74) is 5.04. The number of likely N-dealkylation sites (tertiary alicyclic amines) is 1. The maximum Gasteiger partial charge on any atom is 0.108 e. The van der Waals surface area contributed by atoms with Gasteiger partial charge in [0.05, 0.1) is 6.10 Å². The Morgan fingerprint density at radius 3 is 1.91 bits per heavy atom. The summed E-state index contributed by atoms with van der Waals surface area (Å²) >= 11 is 5.72. The highest BCUT2D eigenvalue weighted by Crippen LogP contribution is 2.30. The molecule has 0 aliphatic carbocycles. The molecule has 0 N–H and O–H groups in total. The summed E-state index contributed by atoms with van der Waals surface area (Å²) in [5, 5.41) is 0. The molecule has 1 aliphatic heterocycles. The van der Waals surface area contributed by atoms with E-state index in [1.54, 1.807) is 0 Å². The van der Waals surface area contributed by atoms with Crippen LogP contribution in [0.15, 0.2) is 84.9 Å². The summed E-state index contributed by atoms with van der Waals surface area (Å²) in [6.07, 6.45) is 4.55. The van der Waals surface area contributed by atoms with E-state index in [4.69, 9.17) is 17.0 Å². The van der Waals surface area contributed by atoms with E-state index in [0.717, 1.165) is 50.2 Å². The van der Waals surface area contributed by atoms with Crippen LogP contribution < -0.4 is 0 Å². The van der Waals surface area contributed by atoms with Crippen LogP contribution in [0.2, 0.25) is 0 Å². The molecule has 0 bridgehead atoms. The Kier molecular flexibility index (Phi) is 9.04. The van der Waals surface area contributed by atoms with Gasteiger partial charge in [-0.2, -0.15) is 0 Å². The fourth-order valence-electron chi connectivity index (χ4n) is 4.73. The summed E-state index contributed by atoms with van der Waals surface area (Å²) in [6.45, 7) is 7.75. The lowest BCUT2D eigenvalue weighted by Crippen LogP contribution is -2.38. The lowest BCUT2D eigenvalue weighted by Gasteiger charge is -2.34. The quantitative estimate of drug-likeness (QED) is 0.223. The number of hydrogen-bond donors (Lipinski definition) is 0. The largest absolute Gasteiger partial charge is 0.365 e. The van der Waals surface area contributed by atoms with E-state index < -0.39 is 0 Å². The van der Waals surface area contributed by atoms with Crippen LogP contribution in [0.4, 0.5) is 0 Å². The predicted molar refractivity (Wildman–Crippen MR) is 147 cm³/mol. The second kappa shape index (κ2) is 12.4. The fraction of sp³-hybridized carbons (Fsp3) is 0.387. The number of thiocarbonyl (C=S) groups is 1. The van der Waals surface area contributed by atoms with Crippen LogP contribution in [-0.2, 0) is 4.74 Å². The molecule has 0 radical (unpaired) electrons. The highest BCUT2D eigenvalue weighted by atomic mass is 32.1. The minimum absolute atomic E-state index is 0.00147. The molecular weight excluding hydrogens is 434 g/mol. The smallest absolute Gasteiger partial charge is 0.108 e. The average Bonchev–Trinajstić information content (AvgIpc) is 2.89. The molecule has 2 nitrogen and oxygen atoms in total. The Balaban J connectivity index is 1.24. The number of piperidine rings is 1.